The van der Waals surface area contributed by atoms with Crippen molar-refractivity contribution < 1.29 is 4.52 Å². The zero-order valence-corrected chi connectivity index (χ0v) is 18.1. The second kappa shape index (κ2) is 10.8. The molecule has 0 aliphatic carbocycles. The predicted molar refractivity (Wildman–Crippen MR) is 119 cm³/mol. The van der Waals surface area contributed by atoms with Gasteiger partial charge in [-0.2, -0.15) is 0 Å². The molecule has 2 aromatic heterocycles. The van der Waals surface area contributed by atoms with E-state index < -0.39 is 0 Å². The van der Waals surface area contributed by atoms with E-state index in [1.165, 1.54) is 0 Å². The molecule has 2 heterocycles. The van der Waals surface area contributed by atoms with Crippen LogP contribution in [0.25, 0.3) is 10.6 Å². The molecule has 0 aliphatic rings. The molecule has 0 spiro atoms. The Morgan fingerprint density at radius 3 is 2.69 bits per heavy atom. The number of guanidine groups is 1. The fourth-order valence-corrected chi connectivity index (χ4v) is 4.01. The first kappa shape index (κ1) is 21.0. The van der Waals surface area contributed by atoms with E-state index >= 15 is 0 Å². The summed E-state index contributed by atoms with van der Waals surface area (Å²) >= 11 is 1.68. The quantitative estimate of drug-likeness (QED) is 0.397. The molecule has 0 bridgehead atoms. The predicted octanol–water partition coefficient (Wildman–Crippen LogP) is 4.61. The van der Waals surface area contributed by atoms with E-state index in [0.29, 0.717) is 12.5 Å². The van der Waals surface area contributed by atoms with Crippen molar-refractivity contribution in [1.29, 1.82) is 0 Å². The van der Waals surface area contributed by atoms with Crippen molar-refractivity contribution >= 4 is 17.3 Å². The molecule has 0 saturated heterocycles. The average Bonchev–Trinajstić information content (AvgIpc) is 3.42. The molecule has 0 amide bonds. The normalized spacial score (nSPS) is 11.8. The molecule has 6 nitrogen and oxygen atoms in total. The van der Waals surface area contributed by atoms with Crippen molar-refractivity contribution in [2.24, 2.45) is 4.99 Å². The maximum atomic E-state index is 5.46. The number of aliphatic imine (C=N–C) groups is 1. The molecule has 154 valence electrons. The van der Waals surface area contributed by atoms with Crippen LogP contribution in [0, 0.1) is 0 Å². The van der Waals surface area contributed by atoms with Crippen LogP contribution >= 0.6 is 11.3 Å². The van der Waals surface area contributed by atoms with Crippen molar-refractivity contribution in [2.45, 2.75) is 45.6 Å². The van der Waals surface area contributed by atoms with E-state index in [9.17, 15) is 0 Å². The maximum Gasteiger partial charge on any atom is 0.191 e. The molecule has 0 aliphatic heterocycles. The topological polar surface area (TPSA) is 75.3 Å². The molecule has 29 heavy (non-hydrogen) atoms. The van der Waals surface area contributed by atoms with Crippen molar-refractivity contribution in [2.75, 3.05) is 13.6 Å². The van der Waals surface area contributed by atoms with Crippen molar-refractivity contribution in [3.63, 3.8) is 0 Å². The summed E-state index contributed by atoms with van der Waals surface area (Å²) in [6.07, 6.45) is 2.98. The third kappa shape index (κ3) is 5.90. The summed E-state index contributed by atoms with van der Waals surface area (Å²) in [6.45, 7) is 5.67. The zero-order valence-electron chi connectivity index (χ0n) is 17.3. The van der Waals surface area contributed by atoms with Gasteiger partial charge >= 0.3 is 0 Å². The third-order valence-corrected chi connectivity index (χ3v) is 5.82. The molecular weight excluding hydrogens is 382 g/mol. The molecule has 7 heteroatoms. The largest absolute Gasteiger partial charge is 0.359 e. The molecule has 3 aromatic rings. The minimum atomic E-state index is 0.462. The number of thiazole rings is 1. The summed E-state index contributed by atoms with van der Waals surface area (Å²) in [4.78, 5) is 9.00. The molecule has 0 radical (unpaired) electrons. The molecule has 0 saturated carbocycles. The van der Waals surface area contributed by atoms with Gasteiger partial charge in [-0.25, -0.2) is 4.98 Å². The van der Waals surface area contributed by atoms with Gasteiger partial charge in [0.25, 0.3) is 0 Å². The van der Waals surface area contributed by atoms with Crippen molar-refractivity contribution in [3.8, 4) is 10.6 Å². The number of aromatic nitrogens is 2. The van der Waals surface area contributed by atoms with Crippen LogP contribution in [0.3, 0.4) is 0 Å². The number of hydrogen-bond donors (Lipinski definition) is 2. The molecular formula is C22H29N5OS. The van der Waals surface area contributed by atoms with E-state index in [1.54, 1.807) is 18.4 Å². The molecule has 3 rings (SSSR count). The Bertz CT molecular complexity index is 899. The fourth-order valence-electron chi connectivity index (χ4n) is 3.15. The van der Waals surface area contributed by atoms with E-state index in [2.05, 4.69) is 52.1 Å². The summed E-state index contributed by atoms with van der Waals surface area (Å²) in [5, 5.41) is 14.0. The highest BCUT2D eigenvalue weighted by Gasteiger charge is 2.13. The standard InChI is InChI=1S/C22H29N5OS/c1-4-16(5-2)20-13-19(28-27-20)14-25-22(23-3)24-12-11-18-15-29-21(26-18)17-9-7-6-8-10-17/h6-10,13,15-16H,4-5,11-12,14H2,1-3H3,(H2,23,24,25). The average molecular weight is 412 g/mol. The lowest BCUT2D eigenvalue weighted by Gasteiger charge is -2.10. The second-order valence-electron chi connectivity index (χ2n) is 6.84. The van der Waals surface area contributed by atoms with Crippen LogP contribution in [0.15, 0.2) is 51.3 Å². The number of nitrogens with one attached hydrogen (secondary N) is 2. The van der Waals surface area contributed by atoms with Crippen molar-refractivity contribution in [1.82, 2.24) is 20.8 Å². The molecule has 0 fully saturated rings. The molecule has 2 N–H and O–H groups in total. The number of benzene rings is 1. The Kier molecular flexibility index (Phi) is 7.81. The minimum Gasteiger partial charge on any atom is -0.359 e. The van der Waals surface area contributed by atoms with Gasteiger partial charge in [0, 0.05) is 42.9 Å². The van der Waals surface area contributed by atoms with Gasteiger partial charge in [0.2, 0.25) is 0 Å². The Labute approximate surface area is 176 Å². The number of nitrogens with zero attached hydrogens (tertiary/aromatic N) is 3. The molecule has 1 aromatic carbocycles. The highest BCUT2D eigenvalue weighted by atomic mass is 32.1. The smallest absolute Gasteiger partial charge is 0.191 e. The minimum absolute atomic E-state index is 0.462. The Balaban J connectivity index is 1.45. The van der Waals surface area contributed by atoms with Crippen LogP contribution in [-0.2, 0) is 13.0 Å². The highest BCUT2D eigenvalue weighted by molar-refractivity contribution is 7.13. The number of rotatable bonds is 9. The summed E-state index contributed by atoms with van der Waals surface area (Å²) in [5.41, 5.74) is 3.28. The zero-order chi connectivity index (χ0) is 20.5. The van der Waals surface area contributed by atoms with E-state index in [1.807, 2.05) is 24.3 Å². The summed E-state index contributed by atoms with van der Waals surface area (Å²) in [6, 6.07) is 12.3. The van der Waals surface area contributed by atoms with E-state index in [0.717, 1.165) is 59.5 Å². The lowest BCUT2D eigenvalue weighted by atomic mass is 9.99. The third-order valence-electron chi connectivity index (χ3n) is 4.88. The lowest BCUT2D eigenvalue weighted by molar-refractivity contribution is 0.368. The SMILES string of the molecule is CCC(CC)c1cc(CNC(=NC)NCCc2csc(-c3ccccc3)n2)on1. The van der Waals surface area contributed by atoms with Crippen molar-refractivity contribution in [3.05, 3.63) is 58.9 Å². The van der Waals surface area contributed by atoms with Gasteiger partial charge in [-0.3, -0.25) is 4.99 Å². The van der Waals surface area contributed by atoms with E-state index in [-0.39, 0.29) is 0 Å². The van der Waals surface area contributed by atoms with Gasteiger partial charge in [0.1, 0.15) is 5.01 Å². The fraction of sp³-hybridized carbons (Fsp3) is 0.409. The van der Waals surface area contributed by atoms with Gasteiger partial charge in [-0.05, 0) is 12.8 Å². The lowest BCUT2D eigenvalue weighted by Crippen LogP contribution is -2.37. The first-order chi connectivity index (χ1) is 14.2. The molecule has 0 atom stereocenters. The van der Waals surface area contributed by atoms with Gasteiger partial charge in [0.15, 0.2) is 11.7 Å². The Hall–Kier alpha value is -2.67. The Morgan fingerprint density at radius 2 is 1.97 bits per heavy atom. The van der Waals surface area contributed by atoms with Crippen LogP contribution in [0.4, 0.5) is 0 Å². The number of hydrogen-bond acceptors (Lipinski definition) is 5. The van der Waals surface area contributed by atoms with Crippen LogP contribution < -0.4 is 10.6 Å². The monoisotopic (exact) mass is 411 g/mol. The van der Waals surface area contributed by atoms with Gasteiger partial charge in [0.05, 0.1) is 17.9 Å². The van der Waals surface area contributed by atoms with Crippen LogP contribution in [-0.4, -0.2) is 29.7 Å². The summed E-state index contributed by atoms with van der Waals surface area (Å²) < 4.78 is 5.46. The highest BCUT2D eigenvalue weighted by Crippen LogP contribution is 2.23. The maximum absolute atomic E-state index is 5.46. The van der Waals surface area contributed by atoms with Gasteiger partial charge < -0.3 is 15.2 Å². The first-order valence-electron chi connectivity index (χ1n) is 10.1. The summed E-state index contributed by atoms with van der Waals surface area (Å²) in [5.74, 6) is 2.02. The van der Waals surface area contributed by atoms with E-state index in [4.69, 9.17) is 9.51 Å². The second-order valence-corrected chi connectivity index (χ2v) is 7.70. The van der Waals surface area contributed by atoms with Crippen LogP contribution in [0.1, 0.15) is 49.8 Å². The van der Waals surface area contributed by atoms with Gasteiger partial charge in [-0.15, -0.1) is 11.3 Å². The first-order valence-corrected chi connectivity index (χ1v) is 11.0. The summed E-state index contributed by atoms with van der Waals surface area (Å²) in [7, 11) is 1.77. The van der Waals surface area contributed by atoms with Crippen LogP contribution in [0.5, 0.6) is 0 Å². The Morgan fingerprint density at radius 1 is 1.17 bits per heavy atom. The molecule has 0 unspecified atom stereocenters. The van der Waals surface area contributed by atoms with Crippen LogP contribution in [0.2, 0.25) is 0 Å². The van der Waals surface area contributed by atoms with Gasteiger partial charge in [-0.1, -0.05) is 49.3 Å².